The van der Waals surface area contributed by atoms with Crippen LogP contribution >= 0.6 is 0 Å². The Kier molecular flexibility index (Phi) is 6.33. The SMILES string of the molecule is C[S+](C)[O-].Cc1cc(-c2cc(C)c(N)c(C)c2)cc(C)c1N. The Labute approximate surface area is 136 Å². The Hall–Kier alpha value is -1.65. The second-order valence-corrected chi connectivity index (χ2v) is 7.27. The number of hydrogen-bond acceptors (Lipinski definition) is 3. The predicted octanol–water partition coefficient (Wildman–Crippen LogP) is 3.75. The van der Waals surface area contributed by atoms with Gasteiger partial charge in [-0.1, -0.05) is 11.2 Å². The molecule has 22 heavy (non-hydrogen) atoms. The first-order valence-electron chi connectivity index (χ1n) is 7.12. The van der Waals surface area contributed by atoms with Crippen molar-refractivity contribution in [1.82, 2.24) is 0 Å². The summed E-state index contributed by atoms with van der Waals surface area (Å²) in [5.41, 5.74) is 20.6. The minimum atomic E-state index is -0.611. The van der Waals surface area contributed by atoms with Crippen molar-refractivity contribution in [2.45, 2.75) is 27.7 Å². The molecular weight excluding hydrogens is 292 g/mol. The topological polar surface area (TPSA) is 75.1 Å². The van der Waals surface area contributed by atoms with E-state index in [0.717, 1.165) is 33.6 Å². The van der Waals surface area contributed by atoms with E-state index in [4.69, 9.17) is 11.5 Å². The van der Waals surface area contributed by atoms with Gasteiger partial charge in [-0.05, 0) is 85.3 Å². The molecule has 4 heteroatoms. The summed E-state index contributed by atoms with van der Waals surface area (Å²) < 4.78 is 9.56. The molecule has 0 bridgehead atoms. The van der Waals surface area contributed by atoms with Crippen molar-refractivity contribution in [2.75, 3.05) is 24.0 Å². The lowest BCUT2D eigenvalue weighted by Crippen LogP contribution is -1.97. The summed E-state index contributed by atoms with van der Waals surface area (Å²) in [6, 6.07) is 8.53. The lowest BCUT2D eigenvalue weighted by molar-refractivity contribution is 0.606. The summed E-state index contributed by atoms with van der Waals surface area (Å²) in [5, 5.41) is 0. The fraction of sp³-hybridized carbons (Fsp3) is 0.333. The number of anilines is 2. The molecule has 0 fully saturated rings. The molecular formula is C18H26N2OS. The van der Waals surface area contributed by atoms with Gasteiger partial charge in [-0.15, -0.1) is 0 Å². The zero-order chi connectivity index (χ0) is 17.0. The summed E-state index contributed by atoms with van der Waals surface area (Å²) in [5.74, 6) is 0. The van der Waals surface area contributed by atoms with Crippen LogP contribution in [0.5, 0.6) is 0 Å². The standard InChI is InChI=1S/C16H20N2.C2H6OS/c1-9-5-13(6-10(2)15(9)17)14-7-11(3)16(18)12(4)8-14;1-4(2)3/h5-8H,17-18H2,1-4H3;1-2H3. The van der Waals surface area contributed by atoms with Crippen LogP contribution in [0.2, 0.25) is 0 Å². The van der Waals surface area contributed by atoms with Crippen LogP contribution in [-0.2, 0) is 11.2 Å². The van der Waals surface area contributed by atoms with Gasteiger partial charge in [-0.3, -0.25) is 0 Å². The summed E-state index contributed by atoms with van der Waals surface area (Å²) >= 11 is -0.611. The highest BCUT2D eigenvalue weighted by Crippen LogP contribution is 2.30. The van der Waals surface area contributed by atoms with E-state index in [9.17, 15) is 4.55 Å². The molecule has 0 atom stereocenters. The molecule has 120 valence electrons. The number of hydrogen-bond donors (Lipinski definition) is 2. The first-order chi connectivity index (χ1) is 10.1. The third-order valence-corrected chi connectivity index (χ3v) is 3.52. The smallest absolute Gasteiger partial charge is 0.0946 e. The van der Waals surface area contributed by atoms with Gasteiger partial charge in [-0.25, -0.2) is 0 Å². The van der Waals surface area contributed by atoms with E-state index in [1.807, 2.05) is 27.7 Å². The first-order valence-corrected chi connectivity index (χ1v) is 9.09. The molecule has 0 saturated carbocycles. The molecule has 0 spiro atoms. The zero-order valence-corrected chi connectivity index (χ0v) is 15.1. The quantitative estimate of drug-likeness (QED) is 0.621. The van der Waals surface area contributed by atoms with E-state index in [1.54, 1.807) is 12.5 Å². The second kappa shape index (κ2) is 7.56. The molecule has 0 heterocycles. The van der Waals surface area contributed by atoms with Crippen molar-refractivity contribution < 1.29 is 4.55 Å². The van der Waals surface area contributed by atoms with Gasteiger partial charge in [-0.2, -0.15) is 0 Å². The van der Waals surface area contributed by atoms with Crippen LogP contribution in [-0.4, -0.2) is 17.1 Å². The summed E-state index contributed by atoms with van der Waals surface area (Å²) in [7, 11) is 0. The molecule has 0 aliphatic rings. The molecule has 0 saturated heterocycles. The lowest BCUT2D eigenvalue weighted by atomic mass is 9.95. The van der Waals surface area contributed by atoms with Crippen LogP contribution in [0.3, 0.4) is 0 Å². The van der Waals surface area contributed by atoms with Crippen LogP contribution in [0, 0.1) is 27.7 Å². The van der Waals surface area contributed by atoms with E-state index in [-0.39, 0.29) is 0 Å². The highest BCUT2D eigenvalue weighted by Gasteiger charge is 2.07. The number of aryl methyl sites for hydroxylation is 4. The predicted molar refractivity (Wildman–Crippen MR) is 99.6 cm³/mol. The van der Waals surface area contributed by atoms with Gasteiger partial charge in [0.2, 0.25) is 0 Å². The number of nitrogens with two attached hydrogens (primary N) is 2. The average Bonchev–Trinajstić information content (AvgIpc) is 2.40. The molecule has 0 aliphatic heterocycles. The van der Waals surface area contributed by atoms with E-state index < -0.39 is 11.2 Å². The Morgan fingerprint density at radius 2 is 0.864 bits per heavy atom. The van der Waals surface area contributed by atoms with Crippen molar-refractivity contribution in [3.8, 4) is 11.1 Å². The zero-order valence-electron chi connectivity index (χ0n) is 14.3. The molecule has 2 aromatic carbocycles. The Balaban J connectivity index is 0.000000541. The van der Waals surface area contributed by atoms with Crippen LogP contribution in [0.15, 0.2) is 24.3 Å². The van der Waals surface area contributed by atoms with Crippen molar-refractivity contribution in [3.63, 3.8) is 0 Å². The largest absolute Gasteiger partial charge is 0.617 e. The van der Waals surface area contributed by atoms with Crippen molar-refractivity contribution >= 4 is 22.6 Å². The van der Waals surface area contributed by atoms with E-state index in [2.05, 4.69) is 24.3 Å². The molecule has 4 N–H and O–H groups in total. The monoisotopic (exact) mass is 318 g/mol. The van der Waals surface area contributed by atoms with E-state index >= 15 is 0 Å². The van der Waals surface area contributed by atoms with Gasteiger partial charge in [0.25, 0.3) is 0 Å². The molecule has 3 nitrogen and oxygen atoms in total. The molecule has 2 rings (SSSR count). The highest BCUT2D eigenvalue weighted by atomic mass is 32.2. The third kappa shape index (κ3) is 4.68. The van der Waals surface area contributed by atoms with Crippen LogP contribution < -0.4 is 11.5 Å². The molecule has 0 unspecified atom stereocenters. The van der Waals surface area contributed by atoms with Gasteiger partial charge in [0.15, 0.2) is 0 Å². The Morgan fingerprint density at radius 1 is 0.682 bits per heavy atom. The number of rotatable bonds is 1. The maximum atomic E-state index is 9.56. The third-order valence-electron chi connectivity index (χ3n) is 3.52. The lowest BCUT2D eigenvalue weighted by Gasteiger charge is -2.12. The number of nitrogen functional groups attached to an aromatic ring is 2. The maximum Gasteiger partial charge on any atom is 0.0946 e. The summed E-state index contributed by atoms with van der Waals surface area (Å²) in [6.45, 7) is 8.18. The highest BCUT2D eigenvalue weighted by molar-refractivity contribution is 7.89. The molecule has 0 radical (unpaired) electrons. The number of benzene rings is 2. The van der Waals surface area contributed by atoms with Gasteiger partial charge in [0.05, 0.1) is 12.5 Å². The van der Waals surface area contributed by atoms with Crippen LogP contribution in [0.1, 0.15) is 22.3 Å². The van der Waals surface area contributed by atoms with Crippen molar-refractivity contribution in [1.29, 1.82) is 0 Å². The minimum absolute atomic E-state index is 0.611. The van der Waals surface area contributed by atoms with Gasteiger partial charge >= 0.3 is 0 Å². The average molecular weight is 318 g/mol. The molecule has 0 aromatic heterocycles. The molecule has 2 aromatic rings. The second-order valence-electron chi connectivity index (χ2n) is 5.79. The van der Waals surface area contributed by atoms with Gasteiger partial charge in [0, 0.05) is 11.4 Å². The van der Waals surface area contributed by atoms with Gasteiger partial charge in [0.1, 0.15) is 0 Å². The van der Waals surface area contributed by atoms with Gasteiger partial charge < -0.3 is 16.0 Å². The molecule has 0 amide bonds. The minimum Gasteiger partial charge on any atom is -0.617 e. The van der Waals surface area contributed by atoms with E-state index in [0.29, 0.717) is 0 Å². The van der Waals surface area contributed by atoms with Crippen LogP contribution in [0.4, 0.5) is 11.4 Å². The first kappa shape index (κ1) is 18.4. The van der Waals surface area contributed by atoms with Crippen LogP contribution in [0.25, 0.3) is 11.1 Å². The Morgan fingerprint density at radius 3 is 1.05 bits per heavy atom. The summed E-state index contributed by atoms with van der Waals surface area (Å²) in [4.78, 5) is 0. The van der Waals surface area contributed by atoms with Crippen molar-refractivity contribution in [2.24, 2.45) is 0 Å². The Bertz CT molecular complexity index is 562. The summed E-state index contributed by atoms with van der Waals surface area (Å²) in [6.07, 6.45) is 3.28. The fourth-order valence-electron chi connectivity index (χ4n) is 2.28. The molecule has 0 aliphatic carbocycles. The van der Waals surface area contributed by atoms with E-state index in [1.165, 1.54) is 11.1 Å². The van der Waals surface area contributed by atoms with Crippen molar-refractivity contribution in [3.05, 3.63) is 46.5 Å². The fourth-order valence-corrected chi connectivity index (χ4v) is 2.28. The normalized spacial score (nSPS) is 10.4. The maximum absolute atomic E-state index is 9.56.